The van der Waals surface area contributed by atoms with Gasteiger partial charge in [0.15, 0.2) is 0 Å². The summed E-state index contributed by atoms with van der Waals surface area (Å²) < 4.78 is 0. The number of rotatable bonds is 7. The van der Waals surface area contributed by atoms with Gasteiger partial charge in [-0.15, -0.1) is 0 Å². The highest BCUT2D eigenvalue weighted by molar-refractivity contribution is 6.30. The third kappa shape index (κ3) is 5.34. The molecule has 4 nitrogen and oxygen atoms in total. The van der Waals surface area contributed by atoms with E-state index >= 15 is 0 Å². The lowest BCUT2D eigenvalue weighted by Crippen LogP contribution is -2.49. The minimum Gasteiger partial charge on any atom is -0.352 e. The van der Waals surface area contributed by atoms with Crippen LogP contribution in [-0.4, -0.2) is 28.8 Å². The first-order valence-corrected chi connectivity index (χ1v) is 8.11. The van der Waals surface area contributed by atoms with E-state index in [4.69, 9.17) is 11.6 Å². The number of nitrogens with one attached hydrogen (secondary N) is 1. The van der Waals surface area contributed by atoms with Crippen molar-refractivity contribution in [1.29, 1.82) is 0 Å². The van der Waals surface area contributed by atoms with Crippen molar-refractivity contribution in [3.05, 3.63) is 34.9 Å². The fourth-order valence-electron chi connectivity index (χ4n) is 2.04. The summed E-state index contributed by atoms with van der Waals surface area (Å²) in [6.45, 7) is 7.94. The van der Waals surface area contributed by atoms with E-state index in [2.05, 4.69) is 5.32 Å². The van der Waals surface area contributed by atoms with Crippen molar-refractivity contribution in [3.8, 4) is 0 Å². The number of benzene rings is 1. The maximum atomic E-state index is 12.3. The van der Waals surface area contributed by atoms with Gasteiger partial charge in [-0.3, -0.25) is 9.59 Å². The van der Waals surface area contributed by atoms with E-state index in [9.17, 15) is 9.59 Å². The van der Waals surface area contributed by atoms with Crippen LogP contribution in [0.2, 0.25) is 5.02 Å². The second kappa shape index (κ2) is 8.79. The summed E-state index contributed by atoms with van der Waals surface area (Å²) in [5.41, 5.74) is 0.953. The molecule has 0 spiro atoms. The summed E-state index contributed by atoms with van der Waals surface area (Å²) in [4.78, 5) is 26.1. The highest BCUT2D eigenvalue weighted by Crippen LogP contribution is 2.14. The van der Waals surface area contributed by atoms with Gasteiger partial charge in [0.05, 0.1) is 0 Å². The lowest BCUT2D eigenvalue weighted by atomic mass is 10.1. The fraction of sp³-hybridized carbons (Fsp3) is 0.529. The van der Waals surface area contributed by atoms with E-state index in [-0.39, 0.29) is 17.9 Å². The van der Waals surface area contributed by atoms with Crippen molar-refractivity contribution in [1.82, 2.24) is 10.2 Å². The number of carbonyl (C=O) groups is 2. The zero-order chi connectivity index (χ0) is 16.7. The monoisotopic (exact) mass is 324 g/mol. The number of amides is 2. The maximum absolute atomic E-state index is 12.3. The predicted molar refractivity (Wildman–Crippen MR) is 89.7 cm³/mol. The Morgan fingerprint density at radius 1 is 1.18 bits per heavy atom. The van der Waals surface area contributed by atoms with Crippen LogP contribution < -0.4 is 5.32 Å². The smallest absolute Gasteiger partial charge is 0.242 e. The minimum atomic E-state index is -0.503. The summed E-state index contributed by atoms with van der Waals surface area (Å²) in [6, 6.07) is 6.92. The van der Waals surface area contributed by atoms with Gasteiger partial charge in [0.1, 0.15) is 6.04 Å². The number of halogens is 1. The Morgan fingerprint density at radius 3 is 2.27 bits per heavy atom. The van der Waals surface area contributed by atoms with Crippen LogP contribution in [0.4, 0.5) is 0 Å². The lowest BCUT2D eigenvalue weighted by molar-refractivity contribution is -0.140. The molecule has 1 rings (SSSR count). The molecular weight excluding hydrogens is 300 g/mol. The Kier molecular flexibility index (Phi) is 7.39. The number of carbonyl (C=O) groups excluding carboxylic acids is 2. The largest absolute Gasteiger partial charge is 0.352 e. The first-order valence-electron chi connectivity index (χ1n) is 7.73. The van der Waals surface area contributed by atoms with Crippen LogP contribution >= 0.6 is 11.6 Å². The summed E-state index contributed by atoms with van der Waals surface area (Å²) in [5.74, 6) is -0.160. The summed E-state index contributed by atoms with van der Waals surface area (Å²) >= 11 is 5.88. The molecule has 0 saturated carbocycles. The van der Waals surface area contributed by atoms with Crippen molar-refractivity contribution in [2.45, 2.75) is 59.2 Å². The average molecular weight is 325 g/mol. The van der Waals surface area contributed by atoms with Crippen molar-refractivity contribution < 1.29 is 9.59 Å². The Labute approximate surface area is 137 Å². The molecule has 0 fully saturated rings. The van der Waals surface area contributed by atoms with Gasteiger partial charge in [0.25, 0.3) is 0 Å². The molecule has 1 aromatic rings. The first-order chi connectivity index (χ1) is 10.4. The normalized spacial score (nSPS) is 13.3. The minimum absolute atomic E-state index is 0.0400. The van der Waals surface area contributed by atoms with Crippen molar-refractivity contribution in [3.63, 3.8) is 0 Å². The zero-order valence-electron chi connectivity index (χ0n) is 13.7. The van der Waals surface area contributed by atoms with Gasteiger partial charge in [0, 0.05) is 24.0 Å². The number of nitrogens with zero attached hydrogens (tertiary/aromatic N) is 1. The molecule has 0 aromatic heterocycles. The quantitative estimate of drug-likeness (QED) is 0.836. The van der Waals surface area contributed by atoms with Gasteiger partial charge in [-0.25, -0.2) is 0 Å². The third-order valence-electron chi connectivity index (χ3n) is 3.74. The number of hydrogen-bond acceptors (Lipinski definition) is 2. The van der Waals surface area contributed by atoms with Crippen LogP contribution in [0.1, 0.15) is 46.1 Å². The molecule has 0 radical (unpaired) electrons. The molecule has 5 heteroatoms. The van der Waals surface area contributed by atoms with Gasteiger partial charge in [-0.05, 0) is 38.0 Å². The standard InChI is InChI=1S/C17H25ClN2O2/c1-5-12(3)19-17(22)13(4)20(16(21)6-2)11-14-7-9-15(18)10-8-14/h7-10,12-13H,5-6,11H2,1-4H3,(H,19,22)/t12-,13-/m1/s1. The predicted octanol–water partition coefficient (Wildman–Crippen LogP) is 3.38. The summed E-state index contributed by atoms with van der Waals surface area (Å²) in [5, 5.41) is 3.58. The van der Waals surface area contributed by atoms with Crippen molar-refractivity contribution in [2.24, 2.45) is 0 Å². The van der Waals surface area contributed by atoms with E-state index < -0.39 is 6.04 Å². The first kappa shape index (κ1) is 18.5. The van der Waals surface area contributed by atoms with Crippen LogP contribution in [0.25, 0.3) is 0 Å². The molecule has 0 aliphatic carbocycles. The molecule has 22 heavy (non-hydrogen) atoms. The SMILES string of the molecule is CCC(=O)N(Cc1ccc(Cl)cc1)[C@H](C)C(=O)N[C@H](C)CC. The maximum Gasteiger partial charge on any atom is 0.242 e. The highest BCUT2D eigenvalue weighted by atomic mass is 35.5. The Bertz CT molecular complexity index is 502. The van der Waals surface area contributed by atoms with Gasteiger partial charge in [0.2, 0.25) is 11.8 Å². The highest BCUT2D eigenvalue weighted by Gasteiger charge is 2.25. The molecule has 122 valence electrons. The molecule has 0 unspecified atom stereocenters. The molecule has 0 aliphatic rings. The second-order valence-corrected chi connectivity index (χ2v) is 5.93. The number of hydrogen-bond donors (Lipinski definition) is 1. The van der Waals surface area contributed by atoms with Crippen molar-refractivity contribution in [2.75, 3.05) is 0 Å². The molecule has 2 atom stereocenters. The Balaban J connectivity index is 2.85. The van der Waals surface area contributed by atoms with E-state index in [0.29, 0.717) is 18.0 Å². The Morgan fingerprint density at radius 2 is 1.77 bits per heavy atom. The molecule has 0 aliphatic heterocycles. The van der Waals surface area contributed by atoms with Crippen LogP contribution in [-0.2, 0) is 16.1 Å². The molecule has 0 heterocycles. The van der Waals surface area contributed by atoms with Gasteiger partial charge >= 0.3 is 0 Å². The second-order valence-electron chi connectivity index (χ2n) is 5.50. The van der Waals surface area contributed by atoms with Gasteiger partial charge in [-0.1, -0.05) is 37.6 Å². The van der Waals surface area contributed by atoms with E-state index in [1.165, 1.54) is 0 Å². The summed E-state index contributed by atoms with van der Waals surface area (Å²) in [6.07, 6.45) is 1.23. The van der Waals surface area contributed by atoms with Gasteiger partial charge in [-0.2, -0.15) is 0 Å². The van der Waals surface area contributed by atoms with Crippen LogP contribution in [0.3, 0.4) is 0 Å². The molecule has 1 N–H and O–H groups in total. The molecule has 1 aromatic carbocycles. The molecule has 0 bridgehead atoms. The van der Waals surface area contributed by atoms with E-state index in [1.807, 2.05) is 26.0 Å². The topological polar surface area (TPSA) is 49.4 Å². The zero-order valence-corrected chi connectivity index (χ0v) is 14.5. The summed E-state index contributed by atoms with van der Waals surface area (Å²) in [7, 11) is 0. The van der Waals surface area contributed by atoms with E-state index in [0.717, 1.165) is 12.0 Å². The van der Waals surface area contributed by atoms with Crippen LogP contribution in [0.5, 0.6) is 0 Å². The van der Waals surface area contributed by atoms with Crippen LogP contribution in [0.15, 0.2) is 24.3 Å². The Hall–Kier alpha value is -1.55. The molecular formula is C17H25ClN2O2. The van der Waals surface area contributed by atoms with Gasteiger partial charge < -0.3 is 10.2 Å². The van der Waals surface area contributed by atoms with E-state index in [1.54, 1.807) is 30.9 Å². The average Bonchev–Trinajstić information content (AvgIpc) is 2.52. The lowest BCUT2D eigenvalue weighted by Gasteiger charge is -2.29. The third-order valence-corrected chi connectivity index (χ3v) is 3.99. The fourth-order valence-corrected chi connectivity index (χ4v) is 2.16. The van der Waals surface area contributed by atoms with Crippen molar-refractivity contribution >= 4 is 23.4 Å². The molecule has 2 amide bonds. The molecule has 0 saturated heterocycles. The van der Waals surface area contributed by atoms with Crippen LogP contribution in [0, 0.1) is 0 Å².